The Kier molecular flexibility index (Phi) is 5.60. The number of rotatable bonds is 6. The lowest BCUT2D eigenvalue weighted by Gasteiger charge is -2.31. The number of nitrogens with zero attached hydrogens (tertiary/aromatic N) is 1. The summed E-state index contributed by atoms with van der Waals surface area (Å²) >= 11 is 0. The normalized spacial score (nSPS) is 13.9. The number of aryl methyl sites for hydroxylation is 1. The third-order valence-corrected chi connectivity index (χ3v) is 6.41. The SMILES string of the molecule is COc1ccc(/C=C/C(=O)O)cc1S(=O)(=O)N1CCCc2cc(C(=O)O)ccc21. The molecule has 0 fully saturated rings. The van der Waals surface area contributed by atoms with Gasteiger partial charge in [0.1, 0.15) is 10.6 Å². The minimum absolute atomic E-state index is 0.0947. The molecule has 0 unspecified atom stereocenters. The number of carboxylic acids is 2. The number of carboxylic acid groups (broad SMARTS) is 2. The van der Waals surface area contributed by atoms with Crippen LogP contribution in [-0.4, -0.2) is 44.2 Å². The van der Waals surface area contributed by atoms with Gasteiger partial charge in [-0.25, -0.2) is 18.0 Å². The molecule has 0 saturated carbocycles. The second-order valence-electron chi connectivity index (χ2n) is 6.41. The number of aromatic carboxylic acids is 1. The van der Waals surface area contributed by atoms with Gasteiger partial charge in [-0.3, -0.25) is 4.31 Å². The molecule has 0 saturated heterocycles. The number of fused-ring (bicyclic) bond motifs is 1. The van der Waals surface area contributed by atoms with Crippen LogP contribution in [0.3, 0.4) is 0 Å². The van der Waals surface area contributed by atoms with Gasteiger partial charge in [-0.15, -0.1) is 0 Å². The molecule has 8 nitrogen and oxygen atoms in total. The van der Waals surface area contributed by atoms with Crippen LogP contribution in [0.15, 0.2) is 47.4 Å². The fraction of sp³-hybridized carbons (Fsp3) is 0.200. The molecule has 2 aromatic carbocycles. The third kappa shape index (κ3) is 4.09. The average Bonchev–Trinajstić information content (AvgIpc) is 2.70. The maximum absolute atomic E-state index is 13.4. The fourth-order valence-corrected chi connectivity index (χ4v) is 4.96. The molecule has 2 N–H and O–H groups in total. The van der Waals surface area contributed by atoms with Gasteiger partial charge in [-0.2, -0.15) is 0 Å². The van der Waals surface area contributed by atoms with E-state index in [0.29, 0.717) is 29.7 Å². The highest BCUT2D eigenvalue weighted by Crippen LogP contribution is 2.36. The van der Waals surface area contributed by atoms with E-state index in [1.807, 2.05) is 0 Å². The molecule has 29 heavy (non-hydrogen) atoms. The largest absolute Gasteiger partial charge is 0.495 e. The van der Waals surface area contributed by atoms with Crippen molar-refractivity contribution in [1.82, 2.24) is 0 Å². The number of hydrogen-bond donors (Lipinski definition) is 2. The van der Waals surface area contributed by atoms with E-state index in [-0.39, 0.29) is 22.8 Å². The molecule has 152 valence electrons. The summed E-state index contributed by atoms with van der Waals surface area (Å²) in [6, 6.07) is 8.73. The summed E-state index contributed by atoms with van der Waals surface area (Å²) in [5.41, 5.74) is 1.56. The number of methoxy groups -OCH3 is 1. The van der Waals surface area contributed by atoms with E-state index in [1.54, 1.807) is 6.07 Å². The smallest absolute Gasteiger partial charge is 0.335 e. The number of carbonyl (C=O) groups is 2. The molecule has 3 rings (SSSR count). The van der Waals surface area contributed by atoms with Gasteiger partial charge in [-0.05, 0) is 60.4 Å². The maximum Gasteiger partial charge on any atom is 0.335 e. The van der Waals surface area contributed by atoms with Crippen LogP contribution in [0.2, 0.25) is 0 Å². The van der Waals surface area contributed by atoms with E-state index >= 15 is 0 Å². The summed E-state index contributed by atoms with van der Waals surface area (Å²) in [6.45, 7) is 0.236. The van der Waals surface area contributed by atoms with Crippen LogP contribution in [0, 0.1) is 0 Å². The first-order chi connectivity index (χ1) is 13.7. The molecule has 0 aliphatic carbocycles. The van der Waals surface area contributed by atoms with Gasteiger partial charge in [0.2, 0.25) is 0 Å². The van der Waals surface area contributed by atoms with Crippen molar-refractivity contribution in [2.24, 2.45) is 0 Å². The van der Waals surface area contributed by atoms with Crippen LogP contribution < -0.4 is 9.04 Å². The fourth-order valence-electron chi connectivity index (χ4n) is 3.23. The number of ether oxygens (including phenoxy) is 1. The molecule has 0 aromatic heterocycles. The highest BCUT2D eigenvalue weighted by Gasteiger charge is 2.32. The van der Waals surface area contributed by atoms with Crippen LogP contribution in [0.1, 0.15) is 27.9 Å². The average molecular weight is 417 g/mol. The molecule has 1 aliphatic heterocycles. The van der Waals surface area contributed by atoms with E-state index in [4.69, 9.17) is 9.84 Å². The van der Waals surface area contributed by atoms with Crippen molar-refractivity contribution in [3.8, 4) is 5.75 Å². The number of hydrogen-bond acceptors (Lipinski definition) is 5. The van der Waals surface area contributed by atoms with Crippen molar-refractivity contribution in [2.45, 2.75) is 17.7 Å². The standard InChI is InChI=1S/C20H19NO7S/c1-28-17-8-4-13(5-9-19(22)23)11-18(17)29(26,27)21-10-2-3-14-12-15(20(24)25)6-7-16(14)21/h4-9,11-12H,2-3,10H2,1H3,(H,22,23)(H,24,25)/b9-5+. The first kappa shape index (κ1) is 20.4. The van der Waals surface area contributed by atoms with Crippen LogP contribution in [-0.2, 0) is 21.2 Å². The minimum atomic E-state index is -4.03. The molecular weight excluding hydrogens is 398 g/mol. The predicted molar refractivity (Wildman–Crippen MR) is 106 cm³/mol. The van der Waals surface area contributed by atoms with Crippen LogP contribution in [0.5, 0.6) is 5.75 Å². The zero-order chi connectivity index (χ0) is 21.2. The van der Waals surface area contributed by atoms with Crippen LogP contribution >= 0.6 is 0 Å². The predicted octanol–water partition coefficient (Wildman–Crippen LogP) is 2.63. The van der Waals surface area contributed by atoms with E-state index in [2.05, 4.69) is 0 Å². The maximum atomic E-state index is 13.4. The number of sulfonamides is 1. The molecule has 0 spiro atoms. The summed E-state index contributed by atoms with van der Waals surface area (Å²) in [4.78, 5) is 21.9. The lowest BCUT2D eigenvalue weighted by atomic mass is 10.0. The second kappa shape index (κ2) is 7.96. The summed E-state index contributed by atoms with van der Waals surface area (Å²) in [5, 5.41) is 18.0. The summed E-state index contributed by atoms with van der Waals surface area (Å²) in [6.07, 6.45) is 3.32. The van der Waals surface area contributed by atoms with Crippen molar-refractivity contribution in [2.75, 3.05) is 18.0 Å². The van der Waals surface area contributed by atoms with E-state index < -0.39 is 22.0 Å². The van der Waals surface area contributed by atoms with E-state index in [0.717, 1.165) is 6.08 Å². The molecule has 1 heterocycles. The van der Waals surface area contributed by atoms with Gasteiger partial charge in [0.25, 0.3) is 10.0 Å². The Morgan fingerprint density at radius 3 is 2.55 bits per heavy atom. The Balaban J connectivity index is 2.09. The van der Waals surface area contributed by atoms with Gasteiger partial charge < -0.3 is 14.9 Å². The summed E-state index contributed by atoms with van der Waals surface area (Å²) < 4.78 is 33.3. The monoisotopic (exact) mass is 417 g/mol. The van der Waals surface area contributed by atoms with Crippen molar-refractivity contribution in [3.63, 3.8) is 0 Å². The Hall–Kier alpha value is -3.33. The van der Waals surface area contributed by atoms with Crippen LogP contribution in [0.25, 0.3) is 6.08 Å². The Morgan fingerprint density at radius 2 is 1.90 bits per heavy atom. The van der Waals surface area contributed by atoms with Crippen molar-refractivity contribution in [3.05, 3.63) is 59.2 Å². The van der Waals surface area contributed by atoms with Crippen molar-refractivity contribution < 1.29 is 33.0 Å². The van der Waals surface area contributed by atoms with Gasteiger partial charge in [0, 0.05) is 12.6 Å². The minimum Gasteiger partial charge on any atom is -0.495 e. The summed E-state index contributed by atoms with van der Waals surface area (Å²) in [5.74, 6) is -2.09. The number of benzene rings is 2. The molecule has 1 aliphatic rings. The second-order valence-corrected chi connectivity index (χ2v) is 8.24. The lowest BCUT2D eigenvalue weighted by Crippen LogP contribution is -2.35. The van der Waals surface area contributed by atoms with Crippen LogP contribution in [0.4, 0.5) is 5.69 Å². The van der Waals surface area contributed by atoms with Crippen molar-refractivity contribution >= 4 is 33.7 Å². The first-order valence-electron chi connectivity index (χ1n) is 8.72. The van der Waals surface area contributed by atoms with Gasteiger partial charge in [0.05, 0.1) is 18.4 Å². The quantitative estimate of drug-likeness (QED) is 0.693. The molecule has 0 amide bonds. The Bertz CT molecular complexity index is 1110. The Morgan fingerprint density at radius 1 is 1.14 bits per heavy atom. The van der Waals surface area contributed by atoms with E-state index in [1.165, 1.54) is 47.8 Å². The van der Waals surface area contributed by atoms with E-state index in [9.17, 15) is 23.1 Å². The summed E-state index contributed by atoms with van der Waals surface area (Å²) in [7, 11) is -2.68. The highest BCUT2D eigenvalue weighted by molar-refractivity contribution is 7.93. The first-order valence-corrected chi connectivity index (χ1v) is 10.2. The zero-order valence-electron chi connectivity index (χ0n) is 15.5. The number of aliphatic carboxylic acids is 1. The zero-order valence-corrected chi connectivity index (χ0v) is 16.3. The van der Waals surface area contributed by atoms with Gasteiger partial charge in [0.15, 0.2) is 0 Å². The van der Waals surface area contributed by atoms with Gasteiger partial charge >= 0.3 is 11.9 Å². The molecule has 0 radical (unpaired) electrons. The Labute approximate surface area is 167 Å². The topological polar surface area (TPSA) is 121 Å². The van der Waals surface area contributed by atoms with Gasteiger partial charge in [-0.1, -0.05) is 6.07 Å². The van der Waals surface area contributed by atoms with Crippen molar-refractivity contribution in [1.29, 1.82) is 0 Å². The third-order valence-electron chi connectivity index (χ3n) is 4.58. The highest BCUT2D eigenvalue weighted by atomic mass is 32.2. The molecular formula is C20H19NO7S. The lowest BCUT2D eigenvalue weighted by molar-refractivity contribution is -0.131. The molecule has 0 bridgehead atoms. The molecule has 9 heteroatoms. The molecule has 0 atom stereocenters. The molecule has 2 aromatic rings. The number of anilines is 1.